The highest BCUT2D eigenvalue weighted by atomic mass is 32.2. The monoisotopic (exact) mass is 517 g/mol. The summed E-state index contributed by atoms with van der Waals surface area (Å²) in [6, 6.07) is 3.21. The van der Waals surface area contributed by atoms with Crippen LogP contribution in [0.2, 0.25) is 0 Å². The van der Waals surface area contributed by atoms with Gasteiger partial charge in [0.1, 0.15) is 17.9 Å². The summed E-state index contributed by atoms with van der Waals surface area (Å²) < 4.78 is 29.7. The van der Waals surface area contributed by atoms with Crippen LogP contribution in [0.5, 0.6) is 11.6 Å². The van der Waals surface area contributed by atoms with Crippen LogP contribution in [0.3, 0.4) is 0 Å². The Morgan fingerprint density at radius 2 is 2.06 bits per heavy atom. The second-order valence-electron chi connectivity index (χ2n) is 7.06. The Balaban J connectivity index is 2.15. The molecule has 16 nitrogen and oxygen atoms in total. The number of nitro groups is 1. The van der Waals surface area contributed by atoms with Gasteiger partial charge in [-0.15, -0.1) is 0 Å². The van der Waals surface area contributed by atoms with Gasteiger partial charge >= 0.3 is 23.5 Å². The molecule has 0 radical (unpaired) electrons. The number of hydrogen-bond donors (Lipinski definition) is 4. The topological polar surface area (TPSA) is 251 Å². The summed E-state index contributed by atoms with van der Waals surface area (Å²) in [4.78, 5) is 47.8. The third-order valence-corrected chi connectivity index (χ3v) is 5.33. The van der Waals surface area contributed by atoms with Gasteiger partial charge in [0, 0.05) is 18.9 Å². The number of ether oxygens (including phenoxy) is 1. The number of rotatable bonds is 10. The maximum absolute atomic E-state index is 12.2. The van der Waals surface area contributed by atoms with Crippen LogP contribution in [-0.2, 0) is 21.1 Å². The molecule has 0 fully saturated rings. The van der Waals surface area contributed by atoms with E-state index in [2.05, 4.69) is 25.3 Å². The molecule has 0 amide bonds. The minimum atomic E-state index is -4.19. The lowest BCUT2D eigenvalue weighted by Gasteiger charge is -2.16. The third kappa shape index (κ3) is 5.68. The molecule has 1 unspecified atom stereocenters. The first-order chi connectivity index (χ1) is 16.9. The summed E-state index contributed by atoms with van der Waals surface area (Å²) >= 11 is 0. The van der Waals surface area contributed by atoms with E-state index in [9.17, 15) is 38.3 Å². The van der Waals surface area contributed by atoms with Crippen LogP contribution >= 0.6 is 0 Å². The summed E-state index contributed by atoms with van der Waals surface area (Å²) in [5.74, 6) is -4.96. The van der Waals surface area contributed by atoms with Crippen molar-refractivity contribution >= 4 is 33.3 Å². The lowest BCUT2D eigenvalue weighted by molar-refractivity contribution is -0.385. The maximum Gasteiger partial charge on any atom is 0.373 e. The maximum atomic E-state index is 12.2. The average molecular weight is 517 g/mol. The van der Waals surface area contributed by atoms with Gasteiger partial charge in [0.25, 0.3) is 5.16 Å². The first kappa shape index (κ1) is 25.5. The largest absolute Gasteiger partial charge is 0.480 e. The zero-order valence-corrected chi connectivity index (χ0v) is 18.9. The highest BCUT2D eigenvalue weighted by molar-refractivity contribution is 7.90. The fourth-order valence-electron chi connectivity index (χ4n) is 2.87. The van der Waals surface area contributed by atoms with Crippen molar-refractivity contribution in [2.45, 2.75) is 17.6 Å². The molecule has 0 spiro atoms. The Morgan fingerprint density at radius 3 is 2.58 bits per heavy atom. The van der Waals surface area contributed by atoms with Crippen molar-refractivity contribution in [3.05, 3.63) is 57.7 Å². The molecule has 0 aliphatic heterocycles. The van der Waals surface area contributed by atoms with Crippen LogP contribution in [0.1, 0.15) is 21.6 Å². The molecule has 186 valence electrons. The van der Waals surface area contributed by atoms with Crippen LogP contribution < -0.4 is 10.1 Å². The van der Waals surface area contributed by atoms with E-state index in [4.69, 9.17) is 10.00 Å². The molecular weight excluding hydrogens is 502 g/mol. The van der Waals surface area contributed by atoms with Crippen LogP contribution in [0.15, 0.2) is 35.9 Å². The third-order valence-electron chi connectivity index (χ3n) is 4.48. The number of nitriles is 1. The predicted molar refractivity (Wildman–Crippen MR) is 117 cm³/mol. The van der Waals surface area contributed by atoms with Crippen LogP contribution in [0.25, 0.3) is 0 Å². The number of aromatic amines is 1. The summed E-state index contributed by atoms with van der Waals surface area (Å²) in [5.41, 5.74) is -1.45. The van der Waals surface area contributed by atoms with Gasteiger partial charge in [-0.2, -0.15) is 15.2 Å². The second-order valence-corrected chi connectivity index (χ2v) is 8.97. The molecule has 2 aromatic heterocycles. The minimum absolute atomic E-state index is 0.228. The number of aromatic carboxylic acids is 1. The number of carboxylic acid groups (broad SMARTS) is 2. The van der Waals surface area contributed by atoms with Crippen LogP contribution in [-0.4, -0.2) is 67.7 Å². The molecule has 1 atom stereocenters. The van der Waals surface area contributed by atoms with Crippen molar-refractivity contribution < 1.29 is 37.9 Å². The number of nitrogens with one attached hydrogen (secondary N) is 2. The molecule has 4 N–H and O–H groups in total. The number of H-pyrrole nitrogens is 1. The zero-order chi connectivity index (χ0) is 26.6. The minimum Gasteiger partial charge on any atom is -0.480 e. The van der Waals surface area contributed by atoms with E-state index < -0.39 is 60.8 Å². The standard InChI is InChI=1S/C19H15N7O9S/c1-36(33,34)19-24-15(23-13(18(29)30)4-10-7-21-8-22-10)14(26(31)32)16(25-19)35-11-3-2-9(6-20)12(5-11)17(27)28/h2-3,5,7-8,13H,4H2,1H3,(H,21,22)(H,27,28)(H,29,30)(H,23,24,25). The van der Waals surface area contributed by atoms with Gasteiger partial charge in [-0.25, -0.2) is 23.0 Å². The molecule has 17 heteroatoms. The van der Waals surface area contributed by atoms with Gasteiger partial charge in [0.05, 0.1) is 28.1 Å². The van der Waals surface area contributed by atoms with Gasteiger partial charge in [-0.05, 0) is 18.2 Å². The van der Waals surface area contributed by atoms with Crippen LogP contribution in [0, 0.1) is 21.4 Å². The molecule has 0 aliphatic carbocycles. The lowest BCUT2D eigenvalue weighted by Crippen LogP contribution is -2.32. The SMILES string of the molecule is CS(=O)(=O)c1nc(NC(Cc2c[nH]cn2)C(=O)O)c([N+](=O)[O-])c(Oc2ccc(C#N)c(C(=O)O)c2)n1. The Kier molecular flexibility index (Phi) is 7.10. The van der Waals surface area contributed by atoms with Crippen molar-refractivity contribution in [2.24, 2.45) is 0 Å². The molecule has 0 aliphatic rings. The number of aromatic nitrogens is 4. The normalized spacial score (nSPS) is 11.8. The average Bonchev–Trinajstić information content (AvgIpc) is 3.30. The Labute approximate surface area is 201 Å². The van der Waals surface area contributed by atoms with E-state index in [0.717, 1.165) is 18.2 Å². The van der Waals surface area contributed by atoms with Crippen molar-refractivity contribution in [1.29, 1.82) is 5.26 Å². The Bertz CT molecular complexity index is 1500. The van der Waals surface area contributed by atoms with Gasteiger partial charge in [-0.1, -0.05) is 0 Å². The van der Waals surface area contributed by atoms with Gasteiger partial charge < -0.3 is 25.3 Å². The number of imidazole rings is 1. The zero-order valence-electron chi connectivity index (χ0n) is 18.1. The van der Waals surface area contributed by atoms with E-state index in [1.807, 2.05) is 0 Å². The van der Waals surface area contributed by atoms with Gasteiger partial charge in [-0.3, -0.25) is 10.1 Å². The molecule has 1 aromatic carbocycles. The summed E-state index contributed by atoms with van der Waals surface area (Å²) in [5, 5.41) is 41.2. The number of aliphatic carboxylic acids is 1. The lowest BCUT2D eigenvalue weighted by atomic mass is 10.1. The van der Waals surface area contributed by atoms with E-state index in [0.29, 0.717) is 6.26 Å². The Morgan fingerprint density at radius 1 is 1.33 bits per heavy atom. The van der Waals surface area contributed by atoms with E-state index in [1.165, 1.54) is 12.5 Å². The molecule has 3 aromatic rings. The quantitative estimate of drug-likeness (QED) is 0.166. The molecular formula is C19H15N7O9S. The van der Waals surface area contributed by atoms with Gasteiger partial charge in [0.2, 0.25) is 15.7 Å². The fraction of sp³-hybridized carbons (Fsp3) is 0.158. The van der Waals surface area contributed by atoms with Crippen molar-refractivity contribution in [3.8, 4) is 17.7 Å². The van der Waals surface area contributed by atoms with E-state index >= 15 is 0 Å². The number of carboxylic acids is 2. The summed E-state index contributed by atoms with van der Waals surface area (Å²) in [6.45, 7) is 0. The number of hydrogen-bond acceptors (Lipinski definition) is 12. The highest BCUT2D eigenvalue weighted by Gasteiger charge is 2.33. The summed E-state index contributed by atoms with van der Waals surface area (Å²) in [6.07, 6.45) is 3.14. The fourth-order valence-corrected chi connectivity index (χ4v) is 3.37. The Hall–Kier alpha value is -5.11. The molecule has 3 rings (SSSR count). The number of nitrogens with zero attached hydrogens (tertiary/aromatic N) is 5. The van der Waals surface area contributed by atoms with Crippen molar-refractivity contribution in [2.75, 3.05) is 11.6 Å². The van der Waals surface area contributed by atoms with E-state index in [-0.39, 0.29) is 23.4 Å². The molecule has 2 heterocycles. The number of anilines is 1. The molecule has 0 saturated heterocycles. The summed E-state index contributed by atoms with van der Waals surface area (Å²) in [7, 11) is -4.19. The first-order valence-corrected chi connectivity index (χ1v) is 11.5. The molecule has 0 bridgehead atoms. The number of carbonyl (C=O) groups is 2. The smallest absolute Gasteiger partial charge is 0.373 e. The predicted octanol–water partition coefficient (Wildman–Crippen LogP) is 0.981. The van der Waals surface area contributed by atoms with Gasteiger partial charge in [0.15, 0.2) is 0 Å². The van der Waals surface area contributed by atoms with Crippen LogP contribution in [0.4, 0.5) is 11.5 Å². The second kappa shape index (κ2) is 10.0. The highest BCUT2D eigenvalue weighted by Crippen LogP contribution is 2.36. The number of benzene rings is 1. The number of sulfone groups is 1. The molecule has 0 saturated carbocycles. The van der Waals surface area contributed by atoms with Crippen molar-refractivity contribution in [3.63, 3.8) is 0 Å². The van der Waals surface area contributed by atoms with E-state index in [1.54, 1.807) is 6.07 Å². The first-order valence-electron chi connectivity index (χ1n) is 9.59. The van der Waals surface area contributed by atoms with Crippen molar-refractivity contribution in [1.82, 2.24) is 19.9 Å². The molecule has 36 heavy (non-hydrogen) atoms.